The third-order valence-electron chi connectivity index (χ3n) is 4.73. The fraction of sp³-hybridized carbons (Fsp3) is 0.250. The lowest BCUT2D eigenvalue weighted by Crippen LogP contribution is -2.08. The minimum atomic E-state index is 0.258. The first-order chi connectivity index (χ1) is 11.7. The Balaban J connectivity index is 1.76. The summed E-state index contributed by atoms with van der Waals surface area (Å²) >= 11 is 0. The zero-order valence-electron chi connectivity index (χ0n) is 13.4. The summed E-state index contributed by atoms with van der Waals surface area (Å²) in [6.45, 7) is 2.02. The Kier molecular flexibility index (Phi) is 3.82. The molecule has 2 aromatic rings. The van der Waals surface area contributed by atoms with Gasteiger partial charge in [0, 0.05) is 34.9 Å². The van der Waals surface area contributed by atoms with Gasteiger partial charge < -0.3 is 15.6 Å². The van der Waals surface area contributed by atoms with Gasteiger partial charge in [0.2, 0.25) is 0 Å². The minimum absolute atomic E-state index is 0.258. The van der Waals surface area contributed by atoms with Crippen LogP contribution in [0.3, 0.4) is 0 Å². The van der Waals surface area contributed by atoms with Gasteiger partial charge in [0.25, 0.3) is 0 Å². The summed E-state index contributed by atoms with van der Waals surface area (Å²) in [5, 5.41) is 10.6. The highest BCUT2D eigenvalue weighted by Crippen LogP contribution is 2.32. The molecule has 4 rings (SSSR count). The number of benzene rings is 2. The second-order valence-corrected chi connectivity index (χ2v) is 6.23. The van der Waals surface area contributed by atoms with E-state index in [0.717, 1.165) is 53.3 Å². The third kappa shape index (κ3) is 2.59. The Bertz CT molecular complexity index is 833. The lowest BCUT2D eigenvalue weighted by Gasteiger charge is -2.14. The lowest BCUT2D eigenvalue weighted by atomic mass is 9.92. The van der Waals surface area contributed by atoms with Crippen molar-refractivity contribution in [1.82, 2.24) is 0 Å². The van der Waals surface area contributed by atoms with Crippen molar-refractivity contribution in [2.24, 2.45) is 10.7 Å². The lowest BCUT2D eigenvalue weighted by molar-refractivity contribution is 0.194. The molecule has 122 valence electrons. The van der Waals surface area contributed by atoms with Crippen LogP contribution in [0.2, 0.25) is 0 Å². The van der Waals surface area contributed by atoms with Gasteiger partial charge in [0.05, 0.1) is 18.9 Å². The number of rotatable bonds is 2. The number of phenolic OH excluding ortho intramolecular Hbond substituents is 1. The van der Waals surface area contributed by atoms with Crippen molar-refractivity contribution >= 4 is 11.4 Å². The number of aliphatic imine (C=N–C) groups is 1. The Labute approximate surface area is 141 Å². The van der Waals surface area contributed by atoms with Crippen LogP contribution in [0.25, 0.3) is 5.70 Å². The first-order valence-electron chi connectivity index (χ1n) is 8.25. The van der Waals surface area contributed by atoms with E-state index >= 15 is 0 Å². The molecule has 4 heteroatoms. The van der Waals surface area contributed by atoms with E-state index in [1.807, 2.05) is 42.5 Å². The summed E-state index contributed by atoms with van der Waals surface area (Å²) < 4.78 is 5.45. The van der Waals surface area contributed by atoms with Gasteiger partial charge >= 0.3 is 0 Å². The molecule has 0 bridgehead atoms. The van der Waals surface area contributed by atoms with Crippen molar-refractivity contribution < 1.29 is 9.84 Å². The predicted octanol–water partition coefficient (Wildman–Crippen LogP) is 3.05. The van der Waals surface area contributed by atoms with Crippen LogP contribution in [0.15, 0.2) is 53.5 Å². The standard InChI is InChI=1S/C20H20N2O2/c21-18-7-9-22-20(16-4-2-1-3-15(16)18)17-6-5-13(11-19(17)23)14-8-10-24-12-14/h1-7,11,14,23H,8-10,12,21H2. The summed E-state index contributed by atoms with van der Waals surface area (Å²) in [6, 6.07) is 13.8. The maximum absolute atomic E-state index is 10.6. The van der Waals surface area contributed by atoms with Gasteiger partial charge in [-0.25, -0.2) is 0 Å². The third-order valence-corrected chi connectivity index (χ3v) is 4.73. The van der Waals surface area contributed by atoms with E-state index in [9.17, 15) is 5.11 Å². The summed E-state index contributed by atoms with van der Waals surface area (Å²) in [7, 11) is 0. The van der Waals surface area contributed by atoms with Gasteiger partial charge in [0.15, 0.2) is 0 Å². The summed E-state index contributed by atoms with van der Waals surface area (Å²) in [5.74, 6) is 0.624. The molecule has 1 fully saturated rings. The molecule has 1 saturated heterocycles. The topological polar surface area (TPSA) is 67.8 Å². The summed E-state index contributed by atoms with van der Waals surface area (Å²) in [4.78, 5) is 4.65. The normalized spacial score (nSPS) is 20.1. The number of hydrogen-bond donors (Lipinski definition) is 2. The first-order valence-corrected chi connectivity index (χ1v) is 8.25. The van der Waals surface area contributed by atoms with Crippen LogP contribution in [0.1, 0.15) is 34.6 Å². The highest BCUT2D eigenvalue weighted by atomic mass is 16.5. The SMILES string of the molecule is NC1=CCN=C(c2ccc(C3CCOC3)cc2O)c2ccccc21. The Morgan fingerprint density at radius 3 is 2.67 bits per heavy atom. The molecule has 2 aromatic carbocycles. The number of aromatic hydroxyl groups is 1. The number of nitrogens with two attached hydrogens (primary N) is 1. The molecule has 0 saturated carbocycles. The molecule has 0 aliphatic carbocycles. The highest BCUT2D eigenvalue weighted by molar-refractivity contribution is 6.17. The number of ether oxygens (including phenoxy) is 1. The molecule has 2 aliphatic heterocycles. The average molecular weight is 320 g/mol. The monoisotopic (exact) mass is 320 g/mol. The molecule has 0 aromatic heterocycles. The van der Waals surface area contributed by atoms with E-state index in [4.69, 9.17) is 10.5 Å². The molecule has 2 heterocycles. The van der Waals surface area contributed by atoms with E-state index in [1.165, 1.54) is 0 Å². The summed E-state index contributed by atoms with van der Waals surface area (Å²) in [5.41, 5.74) is 11.4. The van der Waals surface area contributed by atoms with Crippen molar-refractivity contribution in [3.05, 3.63) is 70.8 Å². The van der Waals surface area contributed by atoms with E-state index in [2.05, 4.69) is 11.1 Å². The van der Waals surface area contributed by atoms with Crippen molar-refractivity contribution in [3.8, 4) is 5.75 Å². The maximum Gasteiger partial charge on any atom is 0.125 e. The fourth-order valence-electron chi connectivity index (χ4n) is 3.40. The number of phenols is 1. The van der Waals surface area contributed by atoms with Crippen LogP contribution >= 0.6 is 0 Å². The predicted molar refractivity (Wildman–Crippen MR) is 95.4 cm³/mol. The molecular formula is C20H20N2O2. The second-order valence-electron chi connectivity index (χ2n) is 6.23. The Morgan fingerprint density at radius 2 is 1.92 bits per heavy atom. The van der Waals surface area contributed by atoms with Crippen LogP contribution in [0.5, 0.6) is 5.75 Å². The van der Waals surface area contributed by atoms with Gasteiger partial charge in [-0.2, -0.15) is 0 Å². The van der Waals surface area contributed by atoms with Gasteiger partial charge in [-0.1, -0.05) is 30.3 Å². The van der Waals surface area contributed by atoms with Crippen LogP contribution in [-0.2, 0) is 4.74 Å². The molecule has 4 nitrogen and oxygen atoms in total. The van der Waals surface area contributed by atoms with E-state index in [0.29, 0.717) is 12.5 Å². The van der Waals surface area contributed by atoms with E-state index in [-0.39, 0.29) is 5.75 Å². The van der Waals surface area contributed by atoms with Gasteiger partial charge in [-0.05, 0) is 30.2 Å². The smallest absolute Gasteiger partial charge is 0.125 e. The quantitative estimate of drug-likeness (QED) is 0.893. The van der Waals surface area contributed by atoms with Crippen molar-refractivity contribution in [2.45, 2.75) is 12.3 Å². The molecule has 2 aliphatic rings. The van der Waals surface area contributed by atoms with Crippen LogP contribution in [-0.4, -0.2) is 30.6 Å². The molecule has 0 radical (unpaired) electrons. The summed E-state index contributed by atoms with van der Waals surface area (Å²) in [6.07, 6.45) is 2.91. The fourth-order valence-corrected chi connectivity index (χ4v) is 3.40. The molecule has 3 N–H and O–H groups in total. The molecular weight excluding hydrogens is 300 g/mol. The zero-order chi connectivity index (χ0) is 16.5. The van der Waals surface area contributed by atoms with Gasteiger partial charge in [-0.15, -0.1) is 0 Å². The number of fused-ring (bicyclic) bond motifs is 1. The molecule has 1 unspecified atom stereocenters. The van der Waals surface area contributed by atoms with Crippen LogP contribution < -0.4 is 5.73 Å². The minimum Gasteiger partial charge on any atom is -0.507 e. The molecule has 1 atom stereocenters. The van der Waals surface area contributed by atoms with Crippen LogP contribution in [0, 0.1) is 0 Å². The number of nitrogens with zero attached hydrogens (tertiary/aromatic N) is 1. The van der Waals surface area contributed by atoms with Gasteiger partial charge in [-0.3, -0.25) is 4.99 Å². The second kappa shape index (κ2) is 6.13. The zero-order valence-corrected chi connectivity index (χ0v) is 13.4. The van der Waals surface area contributed by atoms with E-state index < -0.39 is 0 Å². The highest BCUT2D eigenvalue weighted by Gasteiger charge is 2.21. The van der Waals surface area contributed by atoms with Crippen molar-refractivity contribution in [3.63, 3.8) is 0 Å². The maximum atomic E-state index is 10.6. The Morgan fingerprint density at radius 1 is 1.08 bits per heavy atom. The first kappa shape index (κ1) is 15.0. The van der Waals surface area contributed by atoms with Gasteiger partial charge in [0.1, 0.15) is 5.75 Å². The molecule has 0 spiro atoms. The van der Waals surface area contributed by atoms with Crippen molar-refractivity contribution in [1.29, 1.82) is 0 Å². The average Bonchev–Trinajstić information content (AvgIpc) is 3.08. The largest absolute Gasteiger partial charge is 0.507 e. The Hall–Kier alpha value is -2.59. The molecule has 24 heavy (non-hydrogen) atoms. The molecule has 0 amide bonds. The van der Waals surface area contributed by atoms with Crippen LogP contribution in [0.4, 0.5) is 0 Å². The van der Waals surface area contributed by atoms with E-state index in [1.54, 1.807) is 0 Å². The number of hydrogen-bond acceptors (Lipinski definition) is 4. The van der Waals surface area contributed by atoms with Crippen molar-refractivity contribution in [2.75, 3.05) is 19.8 Å².